The van der Waals surface area contributed by atoms with Gasteiger partial charge in [0.25, 0.3) is 0 Å². The predicted octanol–water partition coefficient (Wildman–Crippen LogP) is 3.73. The van der Waals surface area contributed by atoms with Crippen molar-refractivity contribution in [3.05, 3.63) is 51.7 Å². The number of thiophene rings is 1. The number of benzene rings is 1. The van der Waals surface area contributed by atoms with Crippen molar-refractivity contribution in [2.75, 3.05) is 6.61 Å². The van der Waals surface area contributed by atoms with Gasteiger partial charge in [-0.05, 0) is 37.4 Å². The van der Waals surface area contributed by atoms with Gasteiger partial charge in [-0.1, -0.05) is 17.7 Å². The maximum absolute atomic E-state index is 9.73. The normalized spacial score (nSPS) is 12.4. The average Bonchev–Trinajstić information content (AvgIpc) is 2.84. The van der Waals surface area contributed by atoms with Crippen LogP contribution in [0.25, 0.3) is 0 Å². The fourth-order valence-electron chi connectivity index (χ4n) is 1.84. The highest BCUT2D eigenvalue weighted by Gasteiger charge is 2.09. The second-order valence-corrected chi connectivity index (χ2v) is 5.43. The molecule has 96 valence electrons. The van der Waals surface area contributed by atoms with Gasteiger partial charge in [0.2, 0.25) is 0 Å². The van der Waals surface area contributed by atoms with Crippen LogP contribution in [0.5, 0.6) is 5.75 Å². The molecule has 1 aromatic carbocycles. The summed E-state index contributed by atoms with van der Waals surface area (Å²) in [5.41, 5.74) is 2.00. The van der Waals surface area contributed by atoms with Crippen LogP contribution in [0.4, 0.5) is 0 Å². The standard InChI is InChI=1S/C15H18O2S/c1-11-5-6-15(14(10-11)12(2)16)17-8-7-13-4-3-9-18-13/h3-6,9-10,12,16H,7-8H2,1-2H3/t12-/m0/s1. The number of aliphatic hydroxyl groups is 1. The number of hydrogen-bond acceptors (Lipinski definition) is 3. The number of aryl methyl sites for hydroxylation is 1. The van der Waals surface area contributed by atoms with Gasteiger partial charge in [-0.25, -0.2) is 0 Å². The quantitative estimate of drug-likeness (QED) is 0.889. The average molecular weight is 262 g/mol. The molecule has 0 aliphatic rings. The van der Waals surface area contributed by atoms with Crippen LogP contribution in [0.1, 0.15) is 29.0 Å². The Hall–Kier alpha value is -1.32. The zero-order chi connectivity index (χ0) is 13.0. The van der Waals surface area contributed by atoms with E-state index in [-0.39, 0.29) is 0 Å². The number of ether oxygens (including phenoxy) is 1. The zero-order valence-corrected chi connectivity index (χ0v) is 11.5. The van der Waals surface area contributed by atoms with Crippen molar-refractivity contribution < 1.29 is 9.84 Å². The lowest BCUT2D eigenvalue weighted by Crippen LogP contribution is -2.04. The lowest BCUT2D eigenvalue weighted by atomic mass is 10.1. The molecule has 2 nitrogen and oxygen atoms in total. The SMILES string of the molecule is Cc1ccc(OCCc2cccs2)c([C@H](C)O)c1. The van der Waals surface area contributed by atoms with E-state index in [9.17, 15) is 5.11 Å². The van der Waals surface area contributed by atoms with Gasteiger partial charge >= 0.3 is 0 Å². The summed E-state index contributed by atoms with van der Waals surface area (Å²) >= 11 is 1.74. The van der Waals surface area contributed by atoms with E-state index in [0.717, 1.165) is 23.3 Å². The smallest absolute Gasteiger partial charge is 0.125 e. The molecule has 1 atom stereocenters. The van der Waals surface area contributed by atoms with Gasteiger partial charge < -0.3 is 9.84 Å². The van der Waals surface area contributed by atoms with Crippen molar-refractivity contribution >= 4 is 11.3 Å². The minimum absolute atomic E-state index is 0.498. The minimum atomic E-state index is -0.498. The van der Waals surface area contributed by atoms with Crippen molar-refractivity contribution in [3.8, 4) is 5.75 Å². The van der Waals surface area contributed by atoms with Gasteiger partial charge in [-0.3, -0.25) is 0 Å². The maximum Gasteiger partial charge on any atom is 0.125 e. The van der Waals surface area contributed by atoms with Crippen LogP contribution in [0, 0.1) is 6.92 Å². The first-order chi connectivity index (χ1) is 8.66. The van der Waals surface area contributed by atoms with Gasteiger partial charge in [0.15, 0.2) is 0 Å². The molecule has 0 aliphatic carbocycles. The third kappa shape index (κ3) is 3.34. The van der Waals surface area contributed by atoms with Crippen LogP contribution < -0.4 is 4.74 Å². The molecular formula is C15H18O2S. The molecular weight excluding hydrogens is 244 g/mol. The fourth-order valence-corrected chi connectivity index (χ4v) is 2.53. The van der Waals surface area contributed by atoms with E-state index in [1.54, 1.807) is 18.3 Å². The molecule has 0 saturated carbocycles. The van der Waals surface area contributed by atoms with Crippen molar-refractivity contribution in [1.82, 2.24) is 0 Å². The van der Waals surface area contributed by atoms with Crippen molar-refractivity contribution in [3.63, 3.8) is 0 Å². The van der Waals surface area contributed by atoms with Crippen LogP contribution in [-0.4, -0.2) is 11.7 Å². The van der Waals surface area contributed by atoms with Gasteiger partial charge in [0, 0.05) is 16.9 Å². The molecule has 0 fully saturated rings. The molecule has 1 heterocycles. The summed E-state index contributed by atoms with van der Waals surface area (Å²) in [5.74, 6) is 0.784. The number of hydrogen-bond donors (Lipinski definition) is 1. The number of aliphatic hydroxyl groups excluding tert-OH is 1. The van der Waals surface area contributed by atoms with Crippen molar-refractivity contribution in [2.24, 2.45) is 0 Å². The predicted molar refractivity (Wildman–Crippen MR) is 75.3 cm³/mol. The van der Waals surface area contributed by atoms with E-state index in [0.29, 0.717) is 6.61 Å². The highest BCUT2D eigenvalue weighted by Crippen LogP contribution is 2.26. The molecule has 0 radical (unpaired) electrons. The Bertz CT molecular complexity index is 489. The largest absolute Gasteiger partial charge is 0.493 e. The summed E-state index contributed by atoms with van der Waals surface area (Å²) < 4.78 is 5.77. The molecule has 1 N–H and O–H groups in total. The first kappa shape index (κ1) is 13.1. The summed E-state index contributed by atoms with van der Waals surface area (Å²) in [6, 6.07) is 10.1. The third-order valence-corrected chi connectivity index (χ3v) is 3.74. The van der Waals surface area contributed by atoms with Crippen LogP contribution in [-0.2, 0) is 6.42 Å². The summed E-state index contributed by atoms with van der Waals surface area (Å²) in [7, 11) is 0. The first-order valence-corrected chi connectivity index (χ1v) is 6.98. The first-order valence-electron chi connectivity index (χ1n) is 6.10. The molecule has 0 saturated heterocycles. The van der Waals surface area contributed by atoms with Crippen molar-refractivity contribution in [2.45, 2.75) is 26.4 Å². The van der Waals surface area contributed by atoms with E-state index in [4.69, 9.17) is 4.74 Å². The fraction of sp³-hybridized carbons (Fsp3) is 0.333. The van der Waals surface area contributed by atoms with Crippen LogP contribution in [0.15, 0.2) is 35.7 Å². The van der Waals surface area contributed by atoms with Gasteiger partial charge in [-0.15, -0.1) is 11.3 Å². The van der Waals surface area contributed by atoms with E-state index in [1.807, 2.05) is 31.2 Å². The van der Waals surface area contributed by atoms with Gasteiger partial charge in [-0.2, -0.15) is 0 Å². The van der Waals surface area contributed by atoms with Crippen molar-refractivity contribution in [1.29, 1.82) is 0 Å². The Morgan fingerprint density at radius 2 is 2.17 bits per heavy atom. The molecule has 0 amide bonds. The molecule has 0 unspecified atom stereocenters. The molecule has 1 aromatic heterocycles. The Morgan fingerprint density at radius 3 is 2.83 bits per heavy atom. The topological polar surface area (TPSA) is 29.5 Å². The Morgan fingerprint density at radius 1 is 1.33 bits per heavy atom. The molecule has 0 spiro atoms. The third-order valence-electron chi connectivity index (χ3n) is 2.80. The second kappa shape index (κ2) is 6.03. The summed E-state index contributed by atoms with van der Waals surface area (Å²) in [6.45, 7) is 4.42. The molecule has 2 aromatic rings. The molecule has 0 aliphatic heterocycles. The maximum atomic E-state index is 9.73. The monoisotopic (exact) mass is 262 g/mol. The van der Waals surface area contributed by atoms with E-state index >= 15 is 0 Å². The second-order valence-electron chi connectivity index (χ2n) is 4.40. The van der Waals surface area contributed by atoms with Crippen LogP contribution in [0.2, 0.25) is 0 Å². The highest BCUT2D eigenvalue weighted by molar-refractivity contribution is 7.09. The summed E-state index contributed by atoms with van der Waals surface area (Å²) in [6.07, 6.45) is 0.409. The highest BCUT2D eigenvalue weighted by atomic mass is 32.1. The Kier molecular flexibility index (Phi) is 4.39. The van der Waals surface area contributed by atoms with Gasteiger partial charge in [0.05, 0.1) is 12.7 Å². The molecule has 3 heteroatoms. The molecule has 0 bridgehead atoms. The van der Waals surface area contributed by atoms with E-state index in [2.05, 4.69) is 11.4 Å². The Labute approximate surface area is 112 Å². The molecule has 2 rings (SSSR count). The Balaban J connectivity index is 2.00. The lowest BCUT2D eigenvalue weighted by Gasteiger charge is -2.14. The van der Waals surface area contributed by atoms with Gasteiger partial charge in [0.1, 0.15) is 5.75 Å². The van der Waals surface area contributed by atoms with E-state index < -0.39 is 6.10 Å². The zero-order valence-electron chi connectivity index (χ0n) is 10.7. The summed E-state index contributed by atoms with van der Waals surface area (Å²) in [5, 5.41) is 11.8. The lowest BCUT2D eigenvalue weighted by molar-refractivity contribution is 0.191. The number of rotatable bonds is 5. The molecule has 18 heavy (non-hydrogen) atoms. The summed E-state index contributed by atoms with van der Waals surface area (Å²) in [4.78, 5) is 1.32. The van der Waals surface area contributed by atoms with Crippen LogP contribution >= 0.6 is 11.3 Å². The minimum Gasteiger partial charge on any atom is -0.493 e. The van der Waals surface area contributed by atoms with Crippen LogP contribution in [0.3, 0.4) is 0 Å². The van der Waals surface area contributed by atoms with E-state index in [1.165, 1.54) is 4.88 Å².